The Morgan fingerprint density at radius 2 is 1.76 bits per heavy atom. The SMILES string of the molecule is CN(C)C(=O)CN1CCCN(C(=O)C(F)(F)C(F)F)CC1. The van der Waals surface area contributed by atoms with Crippen molar-refractivity contribution in [3.8, 4) is 0 Å². The first-order valence-corrected chi connectivity index (χ1v) is 6.54. The zero-order chi connectivity index (χ0) is 16.2. The normalized spacial score (nSPS) is 17.8. The van der Waals surface area contributed by atoms with Crippen molar-refractivity contribution in [3.05, 3.63) is 0 Å². The quantitative estimate of drug-likeness (QED) is 0.710. The van der Waals surface area contributed by atoms with Gasteiger partial charge in [-0.25, -0.2) is 8.78 Å². The summed E-state index contributed by atoms with van der Waals surface area (Å²) in [6.45, 7) is 0.643. The minimum Gasteiger partial charge on any atom is -0.348 e. The summed E-state index contributed by atoms with van der Waals surface area (Å²) in [6, 6.07) is 0. The first-order chi connectivity index (χ1) is 9.66. The number of rotatable bonds is 4. The van der Waals surface area contributed by atoms with Crippen LogP contribution >= 0.6 is 0 Å². The average Bonchev–Trinajstić information content (AvgIpc) is 2.63. The maximum absolute atomic E-state index is 13.1. The van der Waals surface area contributed by atoms with Gasteiger partial charge in [-0.3, -0.25) is 14.5 Å². The highest BCUT2D eigenvalue weighted by Crippen LogP contribution is 2.25. The summed E-state index contributed by atoms with van der Waals surface area (Å²) in [4.78, 5) is 26.9. The molecule has 122 valence electrons. The topological polar surface area (TPSA) is 43.9 Å². The number of nitrogens with zero attached hydrogens (tertiary/aromatic N) is 3. The predicted molar refractivity (Wildman–Crippen MR) is 67.3 cm³/mol. The second kappa shape index (κ2) is 7.06. The van der Waals surface area contributed by atoms with Gasteiger partial charge in [-0.1, -0.05) is 0 Å². The number of halogens is 4. The van der Waals surface area contributed by atoms with E-state index in [0.29, 0.717) is 13.0 Å². The fourth-order valence-electron chi connectivity index (χ4n) is 1.97. The Hall–Kier alpha value is -1.38. The first kappa shape index (κ1) is 17.7. The maximum atomic E-state index is 13.1. The van der Waals surface area contributed by atoms with Gasteiger partial charge in [0.05, 0.1) is 6.54 Å². The third kappa shape index (κ3) is 4.55. The van der Waals surface area contributed by atoms with E-state index in [2.05, 4.69) is 0 Å². The van der Waals surface area contributed by atoms with Crippen LogP contribution in [0.25, 0.3) is 0 Å². The van der Waals surface area contributed by atoms with E-state index < -0.39 is 18.3 Å². The van der Waals surface area contributed by atoms with Crippen LogP contribution in [0.4, 0.5) is 17.6 Å². The summed E-state index contributed by atoms with van der Waals surface area (Å²) in [7, 11) is 3.19. The Morgan fingerprint density at radius 1 is 1.14 bits per heavy atom. The highest BCUT2D eigenvalue weighted by molar-refractivity contribution is 5.84. The van der Waals surface area contributed by atoms with Gasteiger partial charge < -0.3 is 9.80 Å². The molecule has 0 aromatic rings. The number of alkyl halides is 4. The first-order valence-electron chi connectivity index (χ1n) is 6.54. The van der Waals surface area contributed by atoms with E-state index in [1.165, 1.54) is 4.90 Å². The van der Waals surface area contributed by atoms with Crippen molar-refractivity contribution in [2.24, 2.45) is 0 Å². The summed E-state index contributed by atoms with van der Waals surface area (Å²) < 4.78 is 50.5. The van der Waals surface area contributed by atoms with Crippen molar-refractivity contribution in [2.45, 2.75) is 18.8 Å². The number of carbonyl (C=O) groups excluding carboxylic acids is 2. The van der Waals surface area contributed by atoms with E-state index in [1.807, 2.05) is 0 Å². The lowest BCUT2D eigenvalue weighted by atomic mass is 10.2. The van der Waals surface area contributed by atoms with Gasteiger partial charge in [-0.05, 0) is 6.42 Å². The van der Waals surface area contributed by atoms with Gasteiger partial charge >= 0.3 is 12.3 Å². The highest BCUT2D eigenvalue weighted by atomic mass is 19.3. The fourth-order valence-corrected chi connectivity index (χ4v) is 1.97. The van der Waals surface area contributed by atoms with Gasteiger partial charge in [0.15, 0.2) is 0 Å². The van der Waals surface area contributed by atoms with Gasteiger partial charge in [-0.15, -0.1) is 0 Å². The second-order valence-electron chi connectivity index (χ2n) is 5.13. The largest absolute Gasteiger partial charge is 0.383 e. The van der Waals surface area contributed by atoms with Gasteiger partial charge in [-0.2, -0.15) is 8.78 Å². The van der Waals surface area contributed by atoms with Crippen LogP contribution in [0, 0.1) is 0 Å². The van der Waals surface area contributed by atoms with Crippen LogP contribution in [0.3, 0.4) is 0 Å². The molecule has 1 heterocycles. The van der Waals surface area contributed by atoms with Crippen molar-refractivity contribution < 1.29 is 27.2 Å². The summed E-state index contributed by atoms with van der Waals surface area (Å²) in [5, 5.41) is 0. The van der Waals surface area contributed by atoms with E-state index >= 15 is 0 Å². The molecule has 0 aromatic heterocycles. The number of amides is 2. The molecule has 1 saturated heterocycles. The van der Waals surface area contributed by atoms with Crippen molar-refractivity contribution >= 4 is 11.8 Å². The highest BCUT2D eigenvalue weighted by Gasteiger charge is 2.51. The standard InChI is InChI=1S/C12H19F4N3O2/c1-17(2)9(20)8-18-4-3-5-19(7-6-18)11(21)12(15,16)10(13)14/h10H,3-8H2,1-2H3. The van der Waals surface area contributed by atoms with Crippen LogP contribution in [0.15, 0.2) is 0 Å². The van der Waals surface area contributed by atoms with E-state index in [9.17, 15) is 27.2 Å². The Morgan fingerprint density at radius 3 is 2.29 bits per heavy atom. The van der Waals surface area contributed by atoms with Crippen molar-refractivity contribution in [1.82, 2.24) is 14.7 Å². The zero-order valence-corrected chi connectivity index (χ0v) is 12.0. The molecule has 0 bridgehead atoms. The molecular formula is C12H19F4N3O2. The molecule has 1 rings (SSSR count). The molecule has 1 aliphatic rings. The molecule has 0 aromatic carbocycles. The molecule has 5 nitrogen and oxygen atoms in total. The van der Waals surface area contributed by atoms with Crippen LogP contribution in [-0.2, 0) is 9.59 Å². The Labute approximate surface area is 120 Å². The summed E-state index contributed by atoms with van der Waals surface area (Å²) in [5.74, 6) is -6.65. The molecular weight excluding hydrogens is 294 g/mol. The number of hydrogen-bond donors (Lipinski definition) is 0. The lowest BCUT2D eigenvalue weighted by Gasteiger charge is -2.25. The van der Waals surface area contributed by atoms with Gasteiger partial charge in [0.25, 0.3) is 5.91 Å². The second-order valence-corrected chi connectivity index (χ2v) is 5.13. The predicted octanol–water partition coefficient (Wildman–Crippen LogP) is 0.509. The fraction of sp³-hybridized carbons (Fsp3) is 0.833. The van der Waals surface area contributed by atoms with Crippen LogP contribution in [0.5, 0.6) is 0 Å². The van der Waals surface area contributed by atoms with Crippen LogP contribution in [0.2, 0.25) is 0 Å². The molecule has 0 atom stereocenters. The molecule has 9 heteroatoms. The molecule has 0 saturated carbocycles. The Balaban J connectivity index is 2.60. The molecule has 0 radical (unpaired) electrons. The van der Waals surface area contributed by atoms with E-state index in [0.717, 1.165) is 4.90 Å². The van der Waals surface area contributed by atoms with Crippen molar-refractivity contribution in [1.29, 1.82) is 0 Å². The van der Waals surface area contributed by atoms with E-state index in [1.54, 1.807) is 19.0 Å². The summed E-state index contributed by atoms with van der Waals surface area (Å²) >= 11 is 0. The number of likely N-dealkylation sites (N-methyl/N-ethyl adjacent to an activating group) is 1. The minimum absolute atomic E-state index is 0.0200. The van der Waals surface area contributed by atoms with Gasteiger partial charge in [0.1, 0.15) is 0 Å². The Kier molecular flexibility index (Phi) is 5.94. The van der Waals surface area contributed by atoms with Gasteiger partial charge in [0.2, 0.25) is 5.91 Å². The smallest absolute Gasteiger partial charge is 0.348 e. The lowest BCUT2D eigenvalue weighted by molar-refractivity contribution is -0.180. The lowest BCUT2D eigenvalue weighted by Crippen LogP contribution is -2.49. The van der Waals surface area contributed by atoms with E-state index in [4.69, 9.17) is 0 Å². The Bertz CT molecular complexity index is 391. The molecule has 21 heavy (non-hydrogen) atoms. The number of hydrogen-bond acceptors (Lipinski definition) is 3. The molecule has 2 amide bonds. The van der Waals surface area contributed by atoms with Crippen LogP contribution < -0.4 is 0 Å². The molecule has 0 aliphatic carbocycles. The minimum atomic E-state index is -4.66. The summed E-state index contributed by atoms with van der Waals surface area (Å²) in [6.07, 6.45) is -3.66. The number of carbonyl (C=O) groups is 2. The molecule has 0 spiro atoms. The third-order valence-corrected chi connectivity index (χ3v) is 3.29. The van der Waals surface area contributed by atoms with Crippen LogP contribution in [0.1, 0.15) is 6.42 Å². The van der Waals surface area contributed by atoms with Gasteiger partial charge in [0, 0.05) is 40.3 Å². The van der Waals surface area contributed by atoms with Crippen molar-refractivity contribution in [3.63, 3.8) is 0 Å². The molecule has 1 aliphatic heterocycles. The maximum Gasteiger partial charge on any atom is 0.383 e. The van der Waals surface area contributed by atoms with Crippen molar-refractivity contribution in [2.75, 3.05) is 46.8 Å². The molecule has 1 fully saturated rings. The van der Waals surface area contributed by atoms with E-state index in [-0.39, 0.29) is 32.1 Å². The van der Waals surface area contributed by atoms with Crippen LogP contribution in [-0.4, -0.2) is 85.7 Å². The monoisotopic (exact) mass is 313 g/mol. The molecule has 0 unspecified atom stereocenters. The third-order valence-electron chi connectivity index (χ3n) is 3.29. The summed E-state index contributed by atoms with van der Waals surface area (Å²) in [5.41, 5.74) is 0. The average molecular weight is 313 g/mol. The zero-order valence-electron chi connectivity index (χ0n) is 12.0. The molecule has 0 N–H and O–H groups in total.